The van der Waals surface area contributed by atoms with E-state index in [0.717, 1.165) is 0 Å². The van der Waals surface area contributed by atoms with E-state index in [1.165, 1.54) is 24.5 Å². The van der Waals surface area contributed by atoms with Gasteiger partial charge in [-0.1, -0.05) is 21.1 Å². The van der Waals surface area contributed by atoms with Gasteiger partial charge in [0.1, 0.15) is 4.90 Å². The number of amidine groups is 1. The Morgan fingerprint density at radius 1 is 1.50 bits per heavy atom. The van der Waals surface area contributed by atoms with Crippen LogP contribution in [0.15, 0.2) is 45.1 Å². The monoisotopic (exact) mass is 359 g/mol. The number of nitrogens with one attached hydrogen (secondary N) is 2. The minimum Gasteiger partial charge on any atom is -0.409 e. The molecule has 0 fully saturated rings. The number of hydrogen-bond acceptors (Lipinski definition) is 5. The number of sulfonamides is 1. The third-order valence-corrected chi connectivity index (χ3v) is 4.22. The van der Waals surface area contributed by atoms with Crippen molar-refractivity contribution in [3.05, 3.63) is 40.6 Å². The molecule has 1 aromatic heterocycles. The summed E-state index contributed by atoms with van der Waals surface area (Å²) >= 11 is 3.23. The Balaban J connectivity index is 2.45. The average Bonchev–Trinajstić information content (AvgIpc) is 2.94. The Morgan fingerprint density at radius 3 is 2.85 bits per heavy atom. The molecule has 0 aliphatic carbocycles. The van der Waals surface area contributed by atoms with Gasteiger partial charge >= 0.3 is 0 Å². The normalized spacial score (nSPS) is 12.3. The van der Waals surface area contributed by atoms with Gasteiger partial charge in [-0.25, -0.2) is 8.42 Å². The molecule has 2 aromatic rings. The number of nitrogens with two attached hydrogens (primary N) is 1. The van der Waals surface area contributed by atoms with Crippen molar-refractivity contribution in [2.24, 2.45) is 10.9 Å². The SMILES string of the molecule is N/C(=N/O)c1cc(Br)ccc1NS(=O)(=O)c1cn[nH]c1. The van der Waals surface area contributed by atoms with Gasteiger partial charge in [0.15, 0.2) is 5.84 Å². The molecule has 5 N–H and O–H groups in total. The first-order valence-electron chi connectivity index (χ1n) is 5.23. The summed E-state index contributed by atoms with van der Waals surface area (Å²) in [5.74, 6) is -0.212. The number of benzene rings is 1. The molecule has 10 heteroatoms. The Morgan fingerprint density at radius 2 is 2.25 bits per heavy atom. The van der Waals surface area contributed by atoms with E-state index < -0.39 is 10.0 Å². The number of aromatic nitrogens is 2. The zero-order chi connectivity index (χ0) is 14.8. The summed E-state index contributed by atoms with van der Waals surface area (Å²) in [4.78, 5) is -0.0223. The maximum atomic E-state index is 12.1. The Labute approximate surface area is 122 Å². The second-order valence-electron chi connectivity index (χ2n) is 3.71. The van der Waals surface area contributed by atoms with Crippen molar-refractivity contribution in [2.45, 2.75) is 4.90 Å². The van der Waals surface area contributed by atoms with Crippen LogP contribution in [0.3, 0.4) is 0 Å². The number of nitrogens with zero attached hydrogens (tertiary/aromatic N) is 2. The fourth-order valence-electron chi connectivity index (χ4n) is 1.46. The molecule has 106 valence electrons. The smallest absolute Gasteiger partial charge is 0.265 e. The summed E-state index contributed by atoms with van der Waals surface area (Å²) in [7, 11) is -3.80. The zero-order valence-corrected chi connectivity index (χ0v) is 12.3. The van der Waals surface area contributed by atoms with Gasteiger partial charge in [0.2, 0.25) is 0 Å². The molecule has 0 saturated heterocycles. The summed E-state index contributed by atoms with van der Waals surface area (Å²) in [6.07, 6.45) is 2.41. The van der Waals surface area contributed by atoms with Crippen LogP contribution in [0.4, 0.5) is 5.69 Å². The summed E-state index contributed by atoms with van der Waals surface area (Å²) in [6.45, 7) is 0. The van der Waals surface area contributed by atoms with Crippen LogP contribution in [-0.4, -0.2) is 29.7 Å². The van der Waals surface area contributed by atoms with Crippen molar-refractivity contribution in [2.75, 3.05) is 4.72 Å². The van der Waals surface area contributed by atoms with E-state index >= 15 is 0 Å². The van der Waals surface area contributed by atoms with Crippen LogP contribution in [0.2, 0.25) is 0 Å². The Kier molecular flexibility index (Phi) is 3.95. The fraction of sp³-hybridized carbons (Fsp3) is 0. The van der Waals surface area contributed by atoms with E-state index in [1.807, 2.05) is 0 Å². The number of H-pyrrole nitrogens is 1. The van der Waals surface area contributed by atoms with Crippen LogP contribution < -0.4 is 10.5 Å². The van der Waals surface area contributed by atoms with Crippen molar-refractivity contribution in [1.82, 2.24) is 10.2 Å². The van der Waals surface area contributed by atoms with Gasteiger partial charge in [0.05, 0.1) is 11.9 Å². The van der Waals surface area contributed by atoms with Crippen molar-refractivity contribution < 1.29 is 13.6 Å². The van der Waals surface area contributed by atoms with Crippen LogP contribution in [-0.2, 0) is 10.0 Å². The number of aromatic amines is 1. The molecule has 2 rings (SSSR count). The first-order chi connectivity index (χ1) is 9.44. The standard InChI is InChI=1S/C10H10BrN5O3S/c11-6-1-2-9(8(3-6)10(12)15-17)16-20(18,19)7-4-13-14-5-7/h1-5,16-17H,(H2,12,15)(H,13,14). The van der Waals surface area contributed by atoms with Crippen LogP contribution in [0, 0.1) is 0 Å². The highest BCUT2D eigenvalue weighted by molar-refractivity contribution is 9.10. The van der Waals surface area contributed by atoms with Crippen molar-refractivity contribution in [3.8, 4) is 0 Å². The minimum atomic E-state index is -3.80. The fourth-order valence-corrected chi connectivity index (χ4v) is 2.81. The van der Waals surface area contributed by atoms with Crippen LogP contribution in [0.25, 0.3) is 0 Å². The minimum absolute atomic E-state index is 0.0223. The summed E-state index contributed by atoms with van der Waals surface area (Å²) < 4.78 is 27.2. The third-order valence-electron chi connectivity index (χ3n) is 2.39. The van der Waals surface area contributed by atoms with Crippen LogP contribution in [0.5, 0.6) is 0 Å². The van der Waals surface area contributed by atoms with Gasteiger partial charge in [0, 0.05) is 16.2 Å². The lowest BCUT2D eigenvalue weighted by molar-refractivity contribution is 0.318. The number of anilines is 1. The van der Waals surface area contributed by atoms with E-state index in [-0.39, 0.29) is 22.0 Å². The third kappa shape index (κ3) is 2.91. The van der Waals surface area contributed by atoms with Gasteiger partial charge in [-0.05, 0) is 18.2 Å². The van der Waals surface area contributed by atoms with Gasteiger partial charge < -0.3 is 10.9 Å². The molecule has 8 nitrogen and oxygen atoms in total. The molecule has 0 aliphatic rings. The second-order valence-corrected chi connectivity index (χ2v) is 6.31. The average molecular weight is 360 g/mol. The molecule has 0 atom stereocenters. The van der Waals surface area contributed by atoms with E-state index in [2.05, 4.69) is 36.0 Å². The number of rotatable bonds is 4. The molecule has 0 radical (unpaired) electrons. The number of hydrogen-bond donors (Lipinski definition) is 4. The second kappa shape index (κ2) is 5.51. The van der Waals surface area contributed by atoms with Gasteiger partial charge in [-0.15, -0.1) is 0 Å². The maximum absolute atomic E-state index is 12.1. The van der Waals surface area contributed by atoms with Gasteiger partial charge in [-0.3, -0.25) is 9.82 Å². The molecular weight excluding hydrogens is 350 g/mol. The lowest BCUT2D eigenvalue weighted by atomic mass is 10.2. The molecule has 0 amide bonds. The first kappa shape index (κ1) is 14.3. The van der Waals surface area contributed by atoms with E-state index in [0.29, 0.717) is 4.47 Å². The Bertz CT molecular complexity index is 742. The molecule has 1 aromatic carbocycles. The van der Waals surface area contributed by atoms with E-state index in [1.54, 1.807) is 6.07 Å². The number of halogens is 1. The molecule has 0 unspecified atom stereocenters. The quantitative estimate of drug-likeness (QED) is 0.280. The number of oxime groups is 1. The van der Waals surface area contributed by atoms with Crippen LogP contribution >= 0.6 is 15.9 Å². The predicted octanol–water partition coefficient (Wildman–Crippen LogP) is 1.07. The van der Waals surface area contributed by atoms with Gasteiger partial charge in [0.25, 0.3) is 10.0 Å². The lowest BCUT2D eigenvalue weighted by Crippen LogP contribution is -2.19. The highest BCUT2D eigenvalue weighted by atomic mass is 79.9. The summed E-state index contributed by atoms with van der Waals surface area (Å²) in [6, 6.07) is 4.65. The molecule has 20 heavy (non-hydrogen) atoms. The summed E-state index contributed by atoms with van der Waals surface area (Å²) in [5, 5.41) is 17.6. The lowest BCUT2D eigenvalue weighted by Gasteiger charge is -2.11. The largest absolute Gasteiger partial charge is 0.409 e. The highest BCUT2D eigenvalue weighted by Gasteiger charge is 2.18. The maximum Gasteiger partial charge on any atom is 0.265 e. The molecule has 0 spiro atoms. The van der Waals surface area contributed by atoms with Gasteiger partial charge in [-0.2, -0.15) is 5.10 Å². The van der Waals surface area contributed by atoms with Crippen molar-refractivity contribution >= 4 is 37.5 Å². The molecular formula is C10H10BrN5O3S. The molecule has 0 saturated carbocycles. The molecule has 1 heterocycles. The first-order valence-corrected chi connectivity index (χ1v) is 7.50. The predicted molar refractivity (Wildman–Crippen MR) is 76.0 cm³/mol. The zero-order valence-electron chi connectivity index (χ0n) is 9.91. The van der Waals surface area contributed by atoms with E-state index in [9.17, 15) is 8.42 Å². The van der Waals surface area contributed by atoms with Crippen molar-refractivity contribution in [3.63, 3.8) is 0 Å². The van der Waals surface area contributed by atoms with E-state index in [4.69, 9.17) is 10.9 Å². The van der Waals surface area contributed by atoms with Crippen LogP contribution in [0.1, 0.15) is 5.56 Å². The topological polar surface area (TPSA) is 133 Å². The highest BCUT2D eigenvalue weighted by Crippen LogP contribution is 2.23. The summed E-state index contributed by atoms with van der Waals surface area (Å²) in [5.41, 5.74) is 5.96. The molecule has 0 aliphatic heterocycles. The molecule has 0 bridgehead atoms. The Hall–Kier alpha value is -2.07. The van der Waals surface area contributed by atoms with Crippen molar-refractivity contribution in [1.29, 1.82) is 0 Å².